The van der Waals surface area contributed by atoms with Gasteiger partial charge in [0.25, 0.3) is 0 Å². The number of hydrazone groups is 1. The molecule has 6 heteroatoms. The van der Waals surface area contributed by atoms with Gasteiger partial charge in [-0.1, -0.05) is 38.6 Å². The van der Waals surface area contributed by atoms with Crippen molar-refractivity contribution in [2.75, 3.05) is 0 Å². The van der Waals surface area contributed by atoms with Crippen LogP contribution in [0.3, 0.4) is 0 Å². The Morgan fingerprint density at radius 3 is 2.91 bits per heavy atom. The first-order valence-corrected chi connectivity index (χ1v) is 7.69. The van der Waals surface area contributed by atoms with Crippen LogP contribution in [0, 0.1) is 0 Å². The minimum absolute atomic E-state index is 0.0841. The monoisotopic (exact) mass is 314 g/mol. The maximum Gasteiger partial charge on any atom is 0.305 e. The molecule has 0 aliphatic carbocycles. The molecule has 1 unspecified atom stereocenters. The number of nitrogens with zero attached hydrogens (tertiary/aromatic N) is 2. The number of carboxylic acids is 1. The van der Waals surface area contributed by atoms with E-state index in [4.69, 9.17) is 5.11 Å². The SMILES string of the molecule is C=C1NC(N/N=C/c2ccc(CC)cc2CC)=NC1CC(=O)O. The lowest BCUT2D eigenvalue weighted by Gasteiger charge is -2.06. The first-order valence-electron chi connectivity index (χ1n) is 7.69. The topological polar surface area (TPSA) is 86.1 Å². The van der Waals surface area contributed by atoms with Crippen LogP contribution in [-0.2, 0) is 17.6 Å². The third-order valence-electron chi connectivity index (χ3n) is 3.70. The number of aryl methyl sites for hydroxylation is 2. The fourth-order valence-corrected chi connectivity index (χ4v) is 2.37. The molecule has 0 spiro atoms. The zero-order valence-electron chi connectivity index (χ0n) is 13.5. The molecular weight excluding hydrogens is 292 g/mol. The zero-order valence-corrected chi connectivity index (χ0v) is 13.5. The third-order valence-corrected chi connectivity index (χ3v) is 3.70. The Kier molecular flexibility index (Phi) is 5.51. The molecule has 0 bridgehead atoms. The Morgan fingerprint density at radius 2 is 2.26 bits per heavy atom. The fraction of sp³-hybridized carbons (Fsp3) is 0.353. The van der Waals surface area contributed by atoms with Crippen LogP contribution in [-0.4, -0.2) is 29.3 Å². The highest BCUT2D eigenvalue weighted by Crippen LogP contribution is 2.13. The number of hydrogen-bond acceptors (Lipinski definition) is 5. The van der Waals surface area contributed by atoms with Gasteiger partial charge in [0.15, 0.2) is 0 Å². The van der Waals surface area contributed by atoms with Gasteiger partial charge in [-0.25, -0.2) is 10.4 Å². The number of hydrogen-bond donors (Lipinski definition) is 3. The summed E-state index contributed by atoms with van der Waals surface area (Å²) in [6, 6.07) is 5.88. The summed E-state index contributed by atoms with van der Waals surface area (Å²) in [6.07, 6.45) is 3.61. The van der Waals surface area contributed by atoms with Gasteiger partial charge in [-0.2, -0.15) is 5.10 Å². The van der Waals surface area contributed by atoms with E-state index in [-0.39, 0.29) is 6.42 Å². The van der Waals surface area contributed by atoms with Crippen LogP contribution in [0.2, 0.25) is 0 Å². The van der Waals surface area contributed by atoms with E-state index in [2.05, 4.69) is 59.5 Å². The maximum absolute atomic E-state index is 10.7. The van der Waals surface area contributed by atoms with Gasteiger partial charge in [-0.3, -0.25) is 4.79 Å². The van der Waals surface area contributed by atoms with Gasteiger partial charge in [0.2, 0.25) is 5.96 Å². The smallest absolute Gasteiger partial charge is 0.305 e. The minimum atomic E-state index is -0.907. The van der Waals surface area contributed by atoms with Crippen molar-refractivity contribution in [2.24, 2.45) is 10.1 Å². The average molecular weight is 314 g/mol. The van der Waals surface area contributed by atoms with Crippen LogP contribution in [0.5, 0.6) is 0 Å². The number of aliphatic imine (C=N–C) groups is 1. The van der Waals surface area contributed by atoms with E-state index in [1.54, 1.807) is 6.21 Å². The molecule has 1 aromatic carbocycles. The summed E-state index contributed by atoms with van der Waals surface area (Å²) in [5.74, 6) is -0.490. The molecule has 0 amide bonds. The Bertz CT molecular complexity index is 665. The molecule has 6 nitrogen and oxygen atoms in total. The van der Waals surface area contributed by atoms with Crippen molar-refractivity contribution in [1.29, 1.82) is 0 Å². The maximum atomic E-state index is 10.7. The van der Waals surface area contributed by atoms with E-state index in [1.807, 2.05) is 0 Å². The molecule has 0 saturated carbocycles. The second-order valence-electron chi connectivity index (χ2n) is 5.35. The fourth-order valence-electron chi connectivity index (χ4n) is 2.37. The molecule has 1 aliphatic rings. The van der Waals surface area contributed by atoms with Crippen molar-refractivity contribution < 1.29 is 9.90 Å². The number of benzene rings is 1. The van der Waals surface area contributed by atoms with Gasteiger partial charge in [0.1, 0.15) is 6.04 Å². The highest BCUT2D eigenvalue weighted by Gasteiger charge is 2.23. The molecule has 0 fully saturated rings. The van der Waals surface area contributed by atoms with E-state index in [0.29, 0.717) is 11.7 Å². The molecule has 0 aromatic heterocycles. The summed E-state index contributed by atoms with van der Waals surface area (Å²) in [6.45, 7) is 8.02. The number of guanidine groups is 1. The van der Waals surface area contributed by atoms with Gasteiger partial charge < -0.3 is 10.4 Å². The predicted octanol–water partition coefficient (Wildman–Crippen LogP) is 2.05. The molecule has 1 aromatic rings. The van der Waals surface area contributed by atoms with Crippen molar-refractivity contribution in [1.82, 2.24) is 10.7 Å². The summed E-state index contributed by atoms with van der Waals surface area (Å²) < 4.78 is 0. The minimum Gasteiger partial charge on any atom is -0.481 e. The Labute approximate surface area is 136 Å². The molecule has 0 radical (unpaired) electrons. The number of rotatable bonds is 6. The zero-order chi connectivity index (χ0) is 16.8. The van der Waals surface area contributed by atoms with Gasteiger partial charge in [-0.05, 0) is 29.5 Å². The second kappa shape index (κ2) is 7.58. The highest BCUT2D eigenvalue weighted by molar-refractivity contribution is 5.87. The first-order chi connectivity index (χ1) is 11.0. The molecule has 1 aliphatic heterocycles. The standard InChI is InChI=1S/C17H22N4O2/c1-4-12-6-7-14(13(5-2)8-12)10-18-21-17-19-11(3)15(20-17)9-16(22)23/h6-8,10,15H,3-5,9H2,1-2H3,(H,22,23)(H2,19,20,21)/b18-10+. The van der Waals surface area contributed by atoms with Crippen LogP contribution >= 0.6 is 0 Å². The van der Waals surface area contributed by atoms with Crippen molar-refractivity contribution in [3.05, 3.63) is 47.2 Å². The van der Waals surface area contributed by atoms with Crippen molar-refractivity contribution in [2.45, 2.75) is 39.2 Å². The molecule has 23 heavy (non-hydrogen) atoms. The van der Waals surface area contributed by atoms with E-state index in [9.17, 15) is 4.79 Å². The summed E-state index contributed by atoms with van der Waals surface area (Å²) in [4.78, 5) is 15.0. The lowest BCUT2D eigenvalue weighted by atomic mass is 10.0. The predicted molar refractivity (Wildman–Crippen MR) is 91.7 cm³/mol. The molecule has 0 saturated heterocycles. The molecule has 1 heterocycles. The van der Waals surface area contributed by atoms with Gasteiger partial charge in [0.05, 0.1) is 12.6 Å². The van der Waals surface area contributed by atoms with E-state index in [1.165, 1.54) is 11.1 Å². The summed E-state index contributed by atoms with van der Waals surface area (Å²) in [7, 11) is 0. The summed E-state index contributed by atoms with van der Waals surface area (Å²) in [5, 5.41) is 15.9. The van der Waals surface area contributed by atoms with Crippen LogP contribution in [0.4, 0.5) is 0 Å². The molecule has 1 atom stereocenters. The summed E-state index contributed by atoms with van der Waals surface area (Å²) in [5.41, 5.74) is 6.96. The van der Waals surface area contributed by atoms with Crippen molar-refractivity contribution in [3.8, 4) is 0 Å². The van der Waals surface area contributed by atoms with Gasteiger partial charge >= 0.3 is 5.97 Å². The van der Waals surface area contributed by atoms with E-state index < -0.39 is 12.0 Å². The summed E-state index contributed by atoms with van der Waals surface area (Å²) >= 11 is 0. The Morgan fingerprint density at radius 1 is 1.48 bits per heavy atom. The molecule has 122 valence electrons. The normalized spacial score (nSPS) is 17.2. The highest BCUT2D eigenvalue weighted by atomic mass is 16.4. The van der Waals surface area contributed by atoms with Crippen molar-refractivity contribution >= 4 is 18.1 Å². The third kappa shape index (κ3) is 4.42. The average Bonchev–Trinajstić information content (AvgIpc) is 2.86. The first kappa shape index (κ1) is 16.7. The van der Waals surface area contributed by atoms with Crippen LogP contribution in [0.15, 0.2) is 40.6 Å². The van der Waals surface area contributed by atoms with Crippen LogP contribution in [0.1, 0.15) is 37.0 Å². The number of aliphatic carboxylic acids is 1. The van der Waals surface area contributed by atoms with Crippen molar-refractivity contribution in [3.63, 3.8) is 0 Å². The lowest BCUT2D eigenvalue weighted by molar-refractivity contribution is -0.137. The van der Waals surface area contributed by atoms with E-state index >= 15 is 0 Å². The molecule has 2 rings (SSSR count). The van der Waals surface area contributed by atoms with E-state index in [0.717, 1.165) is 18.4 Å². The number of carboxylic acid groups (broad SMARTS) is 1. The lowest BCUT2D eigenvalue weighted by Crippen LogP contribution is -2.29. The number of nitrogens with one attached hydrogen (secondary N) is 2. The Balaban J connectivity index is 2.02. The van der Waals surface area contributed by atoms with Gasteiger partial charge in [-0.15, -0.1) is 0 Å². The largest absolute Gasteiger partial charge is 0.481 e. The second-order valence-corrected chi connectivity index (χ2v) is 5.35. The molecule has 3 N–H and O–H groups in total. The van der Waals surface area contributed by atoms with Crippen LogP contribution in [0.25, 0.3) is 0 Å². The van der Waals surface area contributed by atoms with Gasteiger partial charge in [0, 0.05) is 5.70 Å². The number of carbonyl (C=O) groups is 1. The van der Waals surface area contributed by atoms with Crippen LogP contribution < -0.4 is 10.7 Å². The molecular formula is C17H22N4O2. The quantitative estimate of drug-likeness (QED) is 0.554. The Hall–Kier alpha value is -2.63.